The van der Waals surface area contributed by atoms with Gasteiger partial charge in [0.15, 0.2) is 0 Å². The molecule has 2 N–H and O–H groups in total. The van der Waals surface area contributed by atoms with E-state index in [9.17, 15) is 19.5 Å². The highest BCUT2D eigenvalue weighted by Crippen LogP contribution is 2.20. The van der Waals surface area contributed by atoms with Crippen molar-refractivity contribution in [3.05, 3.63) is 69.7 Å². The predicted octanol–water partition coefficient (Wildman–Crippen LogP) is 3.15. The van der Waals surface area contributed by atoms with Crippen LogP contribution >= 0.6 is 23.2 Å². The average Bonchev–Trinajstić information content (AvgIpc) is 2.90. The zero-order valence-corrected chi connectivity index (χ0v) is 15.6. The molecule has 1 aliphatic heterocycles. The number of halogens is 2. The summed E-state index contributed by atoms with van der Waals surface area (Å²) in [5, 5.41) is 13.2. The Balaban J connectivity index is 1.77. The SMILES string of the molecule is O=C(O)C(Cc1ccc(Cl)cc1)N1C(=O)NC(Cc2ccc(Cl)cc2)C1=O. The van der Waals surface area contributed by atoms with Crippen LogP contribution in [0.1, 0.15) is 11.1 Å². The molecule has 140 valence electrons. The minimum Gasteiger partial charge on any atom is -0.480 e. The number of benzene rings is 2. The van der Waals surface area contributed by atoms with E-state index in [2.05, 4.69) is 5.32 Å². The van der Waals surface area contributed by atoms with Crippen molar-refractivity contribution in [2.24, 2.45) is 0 Å². The highest BCUT2D eigenvalue weighted by molar-refractivity contribution is 6.30. The van der Waals surface area contributed by atoms with Crippen molar-refractivity contribution < 1.29 is 19.5 Å². The molecule has 0 radical (unpaired) electrons. The van der Waals surface area contributed by atoms with Gasteiger partial charge >= 0.3 is 12.0 Å². The van der Waals surface area contributed by atoms with Crippen LogP contribution in [0.15, 0.2) is 48.5 Å². The molecule has 0 aliphatic carbocycles. The first-order chi connectivity index (χ1) is 12.8. The molecule has 27 heavy (non-hydrogen) atoms. The van der Waals surface area contributed by atoms with Crippen molar-refractivity contribution in [3.8, 4) is 0 Å². The zero-order chi connectivity index (χ0) is 19.6. The van der Waals surface area contributed by atoms with Crippen LogP contribution < -0.4 is 5.32 Å². The molecule has 1 fully saturated rings. The van der Waals surface area contributed by atoms with Crippen LogP contribution in [0.4, 0.5) is 4.79 Å². The maximum absolute atomic E-state index is 12.7. The lowest BCUT2D eigenvalue weighted by molar-refractivity contribution is -0.146. The first-order valence-corrected chi connectivity index (χ1v) is 8.96. The van der Waals surface area contributed by atoms with Crippen molar-refractivity contribution in [1.29, 1.82) is 0 Å². The number of hydrogen-bond acceptors (Lipinski definition) is 3. The average molecular weight is 407 g/mol. The highest BCUT2D eigenvalue weighted by atomic mass is 35.5. The number of carboxylic acid groups (broad SMARTS) is 1. The summed E-state index contributed by atoms with van der Waals surface area (Å²) in [4.78, 5) is 37.6. The fourth-order valence-corrected chi connectivity index (χ4v) is 3.22. The Kier molecular flexibility index (Phi) is 5.68. The van der Waals surface area contributed by atoms with Crippen LogP contribution in [0.25, 0.3) is 0 Å². The minimum absolute atomic E-state index is 0.000668. The number of carbonyl (C=O) groups excluding carboxylic acids is 2. The molecule has 1 heterocycles. The van der Waals surface area contributed by atoms with E-state index in [1.807, 2.05) is 0 Å². The van der Waals surface area contributed by atoms with Crippen molar-refractivity contribution in [2.75, 3.05) is 0 Å². The summed E-state index contributed by atoms with van der Waals surface area (Å²) in [5.74, 6) is -1.81. The maximum atomic E-state index is 12.7. The third kappa shape index (κ3) is 4.40. The van der Waals surface area contributed by atoms with Crippen LogP contribution in [0.2, 0.25) is 10.0 Å². The lowest BCUT2D eigenvalue weighted by Crippen LogP contribution is -2.47. The Morgan fingerprint density at radius 1 is 1.00 bits per heavy atom. The Morgan fingerprint density at radius 3 is 2.04 bits per heavy atom. The Labute approximate surface area is 165 Å². The quantitative estimate of drug-likeness (QED) is 0.721. The molecule has 1 saturated heterocycles. The molecule has 3 amide bonds. The van der Waals surface area contributed by atoms with Gasteiger partial charge in [-0.15, -0.1) is 0 Å². The largest absolute Gasteiger partial charge is 0.480 e. The number of rotatable bonds is 6. The van der Waals surface area contributed by atoms with Gasteiger partial charge in [-0.1, -0.05) is 47.5 Å². The van der Waals surface area contributed by atoms with E-state index in [1.54, 1.807) is 48.5 Å². The molecule has 2 aromatic rings. The number of imide groups is 1. The van der Waals surface area contributed by atoms with E-state index in [-0.39, 0.29) is 12.8 Å². The van der Waals surface area contributed by atoms with Crippen molar-refractivity contribution in [1.82, 2.24) is 10.2 Å². The number of nitrogens with one attached hydrogen (secondary N) is 1. The van der Waals surface area contributed by atoms with Gasteiger partial charge in [-0.3, -0.25) is 4.79 Å². The smallest absolute Gasteiger partial charge is 0.327 e. The van der Waals surface area contributed by atoms with Gasteiger partial charge < -0.3 is 10.4 Å². The van der Waals surface area contributed by atoms with Gasteiger partial charge in [0, 0.05) is 22.9 Å². The third-order valence-corrected chi connectivity index (χ3v) is 4.85. The van der Waals surface area contributed by atoms with Gasteiger partial charge in [-0.05, 0) is 35.4 Å². The second-order valence-corrected chi connectivity index (χ2v) is 7.10. The summed E-state index contributed by atoms with van der Waals surface area (Å²) in [5.41, 5.74) is 1.47. The molecule has 0 bridgehead atoms. The van der Waals surface area contributed by atoms with Gasteiger partial charge in [0.05, 0.1) is 0 Å². The van der Waals surface area contributed by atoms with Crippen LogP contribution in [0.3, 0.4) is 0 Å². The zero-order valence-electron chi connectivity index (χ0n) is 14.1. The van der Waals surface area contributed by atoms with Gasteiger partial charge in [-0.2, -0.15) is 0 Å². The summed E-state index contributed by atoms with van der Waals surface area (Å²) >= 11 is 11.7. The second-order valence-electron chi connectivity index (χ2n) is 6.23. The fourth-order valence-electron chi connectivity index (χ4n) is 2.97. The second kappa shape index (κ2) is 7.98. The Morgan fingerprint density at radius 2 is 1.52 bits per heavy atom. The number of amides is 3. The molecule has 6 nitrogen and oxygen atoms in total. The van der Waals surface area contributed by atoms with E-state index in [0.29, 0.717) is 15.6 Å². The third-order valence-electron chi connectivity index (χ3n) is 4.34. The summed E-state index contributed by atoms with van der Waals surface area (Å²) < 4.78 is 0. The lowest BCUT2D eigenvalue weighted by atomic mass is 10.0. The number of aliphatic carboxylic acids is 1. The Hall–Kier alpha value is -2.57. The van der Waals surface area contributed by atoms with Crippen molar-refractivity contribution in [2.45, 2.75) is 24.9 Å². The van der Waals surface area contributed by atoms with Crippen LogP contribution in [-0.2, 0) is 22.4 Å². The molecule has 2 unspecified atom stereocenters. The lowest BCUT2D eigenvalue weighted by Gasteiger charge is -2.21. The summed E-state index contributed by atoms with van der Waals surface area (Å²) in [6, 6.07) is 10.7. The molecule has 1 aliphatic rings. The molecule has 2 aromatic carbocycles. The van der Waals surface area contributed by atoms with Crippen molar-refractivity contribution in [3.63, 3.8) is 0 Å². The number of hydrogen-bond donors (Lipinski definition) is 2. The summed E-state index contributed by atoms with van der Waals surface area (Å²) in [6.07, 6.45) is 0.255. The van der Waals surface area contributed by atoms with E-state index >= 15 is 0 Å². The molecular formula is C19H16Cl2N2O4. The maximum Gasteiger partial charge on any atom is 0.327 e. The standard InChI is InChI=1S/C19H16Cl2N2O4/c20-13-5-1-11(2-6-13)9-15-17(24)23(19(27)22-15)16(18(25)26)10-12-3-7-14(21)8-4-12/h1-8,15-16H,9-10H2,(H,22,27)(H,25,26). The molecular weight excluding hydrogens is 391 g/mol. The highest BCUT2D eigenvalue weighted by Gasteiger charge is 2.44. The molecule has 3 rings (SSSR count). The van der Waals surface area contributed by atoms with Crippen LogP contribution in [0, 0.1) is 0 Å². The molecule has 2 atom stereocenters. The van der Waals surface area contributed by atoms with E-state index in [0.717, 1.165) is 10.5 Å². The van der Waals surface area contributed by atoms with E-state index in [1.165, 1.54) is 0 Å². The first-order valence-electron chi connectivity index (χ1n) is 8.20. The van der Waals surface area contributed by atoms with Crippen LogP contribution in [-0.4, -0.2) is 40.0 Å². The van der Waals surface area contributed by atoms with Gasteiger partial charge in [0.1, 0.15) is 12.1 Å². The molecule has 8 heteroatoms. The summed E-state index contributed by atoms with van der Waals surface area (Å²) in [6.45, 7) is 0. The topological polar surface area (TPSA) is 86.7 Å². The van der Waals surface area contributed by atoms with E-state index in [4.69, 9.17) is 23.2 Å². The normalized spacial score (nSPS) is 17.7. The number of nitrogens with zero attached hydrogens (tertiary/aromatic N) is 1. The first kappa shape index (κ1) is 19.2. The molecule has 0 spiro atoms. The van der Waals surface area contributed by atoms with Gasteiger partial charge in [-0.25, -0.2) is 14.5 Å². The molecule has 0 saturated carbocycles. The van der Waals surface area contributed by atoms with Gasteiger partial charge in [0.2, 0.25) is 0 Å². The number of urea groups is 1. The fraction of sp³-hybridized carbons (Fsp3) is 0.211. The monoisotopic (exact) mass is 406 g/mol. The number of carbonyl (C=O) groups is 3. The minimum atomic E-state index is -1.30. The predicted molar refractivity (Wildman–Crippen MR) is 101 cm³/mol. The van der Waals surface area contributed by atoms with Crippen molar-refractivity contribution >= 4 is 41.1 Å². The summed E-state index contributed by atoms with van der Waals surface area (Å²) in [7, 11) is 0. The Bertz CT molecular complexity index is 868. The molecule has 0 aromatic heterocycles. The van der Waals surface area contributed by atoms with Crippen LogP contribution in [0.5, 0.6) is 0 Å². The van der Waals surface area contributed by atoms with Gasteiger partial charge in [0.25, 0.3) is 5.91 Å². The number of carboxylic acids is 1. The van der Waals surface area contributed by atoms with E-state index < -0.39 is 30.0 Å².